The molecule has 8 nitrogen and oxygen atoms in total. The second-order valence-electron chi connectivity index (χ2n) is 5.42. The summed E-state index contributed by atoms with van der Waals surface area (Å²) < 4.78 is 5.09. The Bertz CT molecular complexity index is 698. The Balaban J connectivity index is 1.80. The first kappa shape index (κ1) is 16.6. The number of carbonyl (C=O) groups excluding carboxylic acids is 1. The fourth-order valence-electron chi connectivity index (χ4n) is 2.63. The number of aliphatic carboxylic acids is 1. The molecule has 0 aromatic carbocycles. The predicted octanol–water partition coefficient (Wildman–Crippen LogP) is 0.469. The number of hydrogen-bond acceptors (Lipinski definition) is 8. The minimum atomic E-state index is -0.843. The molecule has 24 heavy (non-hydrogen) atoms. The van der Waals surface area contributed by atoms with E-state index in [1.165, 1.54) is 11.3 Å². The van der Waals surface area contributed by atoms with Crippen molar-refractivity contribution in [1.82, 2.24) is 15.2 Å². The Morgan fingerprint density at radius 3 is 2.96 bits per heavy atom. The van der Waals surface area contributed by atoms with E-state index in [9.17, 15) is 14.7 Å². The molecular formula is C15H18N4O4S. The highest BCUT2D eigenvalue weighted by Crippen LogP contribution is 2.22. The van der Waals surface area contributed by atoms with Gasteiger partial charge in [0.05, 0.1) is 18.7 Å². The summed E-state index contributed by atoms with van der Waals surface area (Å²) in [5, 5.41) is 14.9. The van der Waals surface area contributed by atoms with Crippen LogP contribution in [-0.4, -0.2) is 65.0 Å². The molecule has 1 aromatic heterocycles. The zero-order valence-corrected chi connectivity index (χ0v) is 14.0. The van der Waals surface area contributed by atoms with Gasteiger partial charge in [-0.15, -0.1) is 11.3 Å². The third kappa shape index (κ3) is 3.31. The van der Waals surface area contributed by atoms with Crippen LogP contribution in [0.25, 0.3) is 0 Å². The second-order valence-corrected chi connectivity index (χ2v) is 6.31. The van der Waals surface area contributed by atoms with Gasteiger partial charge in [-0.3, -0.25) is 14.7 Å². The topological polar surface area (TPSA) is 104 Å². The van der Waals surface area contributed by atoms with E-state index >= 15 is 0 Å². The summed E-state index contributed by atoms with van der Waals surface area (Å²) in [5.41, 5.74) is 1.08. The van der Waals surface area contributed by atoms with Gasteiger partial charge in [0, 0.05) is 30.4 Å². The quantitative estimate of drug-likeness (QED) is 0.719. The maximum atomic E-state index is 12.2. The normalized spacial score (nSPS) is 20.9. The maximum Gasteiger partial charge on any atom is 0.337 e. The summed E-state index contributed by atoms with van der Waals surface area (Å²) in [6.07, 6.45) is 2.30. The Kier molecular flexibility index (Phi) is 4.91. The molecule has 1 fully saturated rings. The molecule has 9 heteroatoms. The lowest BCUT2D eigenvalue weighted by Crippen LogP contribution is -2.54. The minimum absolute atomic E-state index is 0.196. The van der Waals surface area contributed by atoms with Crippen molar-refractivity contribution in [2.45, 2.75) is 19.4 Å². The number of nitrogens with zero attached hydrogens (tertiary/aromatic N) is 3. The van der Waals surface area contributed by atoms with E-state index in [0.29, 0.717) is 36.6 Å². The van der Waals surface area contributed by atoms with Crippen molar-refractivity contribution in [3.63, 3.8) is 0 Å². The van der Waals surface area contributed by atoms with E-state index in [4.69, 9.17) is 4.74 Å². The zero-order valence-electron chi connectivity index (χ0n) is 13.2. The fourth-order valence-corrected chi connectivity index (χ4v) is 3.23. The van der Waals surface area contributed by atoms with Crippen molar-refractivity contribution in [1.29, 1.82) is 0 Å². The van der Waals surface area contributed by atoms with Crippen LogP contribution in [0.15, 0.2) is 27.8 Å². The van der Waals surface area contributed by atoms with Crippen LogP contribution in [0.5, 0.6) is 0 Å². The summed E-state index contributed by atoms with van der Waals surface area (Å²) >= 11 is 1.44. The molecule has 2 aliphatic heterocycles. The van der Waals surface area contributed by atoms with E-state index < -0.39 is 18.0 Å². The van der Waals surface area contributed by atoms with Gasteiger partial charge >= 0.3 is 11.9 Å². The lowest BCUT2D eigenvalue weighted by atomic mass is 10.0. The highest BCUT2D eigenvalue weighted by Gasteiger charge is 2.36. The van der Waals surface area contributed by atoms with Gasteiger partial charge in [0.1, 0.15) is 6.04 Å². The van der Waals surface area contributed by atoms with Crippen molar-refractivity contribution in [2.75, 3.05) is 26.2 Å². The molecule has 1 aromatic rings. The van der Waals surface area contributed by atoms with Crippen molar-refractivity contribution < 1.29 is 19.4 Å². The van der Waals surface area contributed by atoms with Crippen molar-refractivity contribution in [3.05, 3.63) is 27.9 Å². The van der Waals surface area contributed by atoms with Crippen molar-refractivity contribution in [3.8, 4) is 0 Å². The molecule has 0 spiro atoms. The number of nitrogens with one attached hydrogen (secondary N) is 1. The first-order chi connectivity index (χ1) is 11.6. The predicted molar refractivity (Wildman–Crippen MR) is 87.9 cm³/mol. The number of esters is 1. The SMILES string of the molecule is CCOC(=O)C1=C(CN2CCC2C(=O)O)NC(c2nccs2)=NC1. The summed E-state index contributed by atoms with van der Waals surface area (Å²) in [7, 11) is 0. The van der Waals surface area contributed by atoms with E-state index in [1.54, 1.807) is 13.1 Å². The number of amidine groups is 1. The number of carboxylic acid groups (broad SMARTS) is 1. The second kappa shape index (κ2) is 7.10. The number of carboxylic acids is 1. The first-order valence-electron chi connectivity index (χ1n) is 7.67. The molecule has 2 aliphatic rings. The zero-order chi connectivity index (χ0) is 17.1. The molecule has 3 rings (SSSR count). The first-order valence-corrected chi connectivity index (χ1v) is 8.55. The summed E-state index contributed by atoms with van der Waals surface area (Å²) in [4.78, 5) is 33.8. The van der Waals surface area contributed by atoms with Crippen LogP contribution in [0.3, 0.4) is 0 Å². The third-order valence-electron chi connectivity index (χ3n) is 3.96. The van der Waals surface area contributed by atoms with Gasteiger partial charge in [-0.05, 0) is 13.3 Å². The number of hydrogen-bond donors (Lipinski definition) is 2. The van der Waals surface area contributed by atoms with Crippen molar-refractivity contribution in [2.24, 2.45) is 4.99 Å². The van der Waals surface area contributed by atoms with Crippen LogP contribution >= 0.6 is 11.3 Å². The molecule has 0 amide bonds. The average molecular weight is 350 g/mol. The molecule has 0 saturated carbocycles. The summed E-state index contributed by atoms with van der Waals surface area (Å²) in [5.74, 6) is -0.668. The van der Waals surface area contributed by atoms with E-state index in [1.807, 2.05) is 10.3 Å². The van der Waals surface area contributed by atoms with Crippen molar-refractivity contribution >= 4 is 29.1 Å². The monoisotopic (exact) mass is 350 g/mol. The number of aromatic nitrogens is 1. The Morgan fingerprint density at radius 1 is 1.54 bits per heavy atom. The molecule has 0 aliphatic carbocycles. The molecule has 0 bridgehead atoms. The van der Waals surface area contributed by atoms with Gasteiger partial charge in [0.2, 0.25) is 0 Å². The number of carbonyl (C=O) groups is 2. The summed E-state index contributed by atoms with van der Waals surface area (Å²) in [6.45, 7) is 3.24. The number of rotatable bonds is 6. The van der Waals surface area contributed by atoms with Crippen LogP contribution in [0.1, 0.15) is 18.4 Å². The Hall–Kier alpha value is -2.26. The largest absolute Gasteiger partial charge is 0.480 e. The van der Waals surface area contributed by atoms with Crippen LogP contribution < -0.4 is 5.32 Å². The standard InChI is InChI=1S/C15H18N4O4S/c1-2-23-15(22)9-7-17-12(13-16-4-6-24-13)18-10(9)8-19-5-3-11(19)14(20)21/h4,6,11H,2-3,5,7-8H2,1H3,(H,17,18)(H,20,21). The molecule has 1 saturated heterocycles. The third-order valence-corrected chi connectivity index (χ3v) is 4.74. The lowest BCUT2D eigenvalue weighted by Gasteiger charge is -2.39. The molecule has 3 heterocycles. The molecular weight excluding hydrogens is 332 g/mol. The maximum absolute atomic E-state index is 12.2. The van der Waals surface area contributed by atoms with Gasteiger partial charge in [-0.2, -0.15) is 0 Å². The molecule has 128 valence electrons. The number of aliphatic imine (C=N–C) groups is 1. The Morgan fingerprint density at radius 2 is 2.38 bits per heavy atom. The molecule has 1 unspecified atom stereocenters. The van der Waals surface area contributed by atoms with Gasteiger partial charge < -0.3 is 15.2 Å². The van der Waals surface area contributed by atoms with Crippen LogP contribution in [0, 0.1) is 0 Å². The van der Waals surface area contributed by atoms with Gasteiger partial charge in [0.25, 0.3) is 0 Å². The van der Waals surface area contributed by atoms with Gasteiger partial charge in [0.15, 0.2) is 10.8 Å². The smallest absolute Gasteiger partial charge is 0.337 e. The van der Waals surface area contributed by atoms with Gasteiger partial charge in [-0.25, -0.2) is 9.78 Å². The molecule has 2 N–H and O–H groups in total. The van der Waals surface area contributed by atoms with Crippen LogP contribution in [0.4, 0.5) is 0 Å². The van der Waals surface area contributed by atoms with E-state index in [0.717, 1.165) is 5.01 Å². The molecule has 1 atom stereocenters. The minimum Gasteiger partial charge on any atom is -0.480 e. The fraction of sp³-hybridized carbons (Fsp3) is 0.467. The highest BCUT2D eigenvalue weighted by atomic mass is 32.1. The lowest BCUT2D eigenvalue weighted by molar-refractivity contribution is -0.147. The summed E-state index contributed by atoms with van der Waals surface area (Å²) in [6, 6.07) is -0.509. The Labute approximate surface area is 142 Å². The number of likely N-dealkylation sites (tertiary alicyclic amines) is 1. The van der Waals surface area contributed by atoms with Crippen LogP contribution in [0.2, 0.25) is 0 Å². The van der Waals surface area contributed by atoms with Crippen LogP contribution in [-0.2, 0) is 14.3 Å². The number of ether oxygens (including phenoxy) is 1. The highest BCUT2D eigenvalue weighted by molar-refractivity contribution is 7.11. The average Bonchev–Trinajstić information content (AvgIpc) is 3.05. The van der Waals surface area contributed by atoms with Gasteiger partial charge in [-0.1, -0.05) is 0 Å². The number of thiazole rings is 1. The molecule has 0 radical (unpaired) electrons. The van der Waals surface area contributed by atoms with E-state index in [2.05, 4.69) is 15.3 Å². The van der Waals surface area contributed by atoms with E-state index in [-0.39, 0.29) is 13.2 Å².